The van der Waals surface area contributed by atoms with E-state index in [2.05, 4.69) is 0 Å². The molecule has 2 fully saturated rings. The van der Waals surface area contributed by atoms with E-state index in [0.717, 1.165) is 16.7 Å². The topological polar surface area (TPSA) is 109 Å². The van der Waals surface area contributed by atoms with Crippen molar-refractivity contribution in [1.82, 2.24) is 4.90 Å². The normalized spacial score (nSPS) is 22.8. The fraction of sp³-hybridized carbons (Fsp3) is 0.667. The molecule has 1 amide bonds. The maximum absolute atomic E-state index is 12.3. The molecule has 0 radical (unpaired) electrons. The Morgan fingerprint density at radius 2 is 1.87 bits per heavy atom. The molecule has 8 heteroatoms. The lowest BCUT2D eigenvalue weighted by Gasteiger charge is -2.22. The van der Waals surface area contributed by atoms with E-state index >= 15 is 0 Å². The van der Waals surface area contributed by atoms with Crippen molar-refractivity contribution < 1.29 is 29.1 Å². The average molecular weight is 341 g/mol. The van der Waals surface area contributed by atoms with Gasteiger partial charge in [0.25, 0.3) is 0 Å². The molecular weight excluding hydrogens is 322 g/mol. The Balaban J connectivity index is 2.06. The standard InChI is InChI=1S/C15H19NO6S/c1-9(17)23-6-2-3-13(20)16-8-15(7-10(16)14(21)22)11(18)4-5-12(15)19/h10H,2-8H2,1H3,(H,21,22)/t10-/m0/s1. The third-order valence-corrected chi connectivity index (χ3v) is 5.35. The highest BCUT2D eigenvalue weighted by molar-refractivity contribution is 8.13. The minimum Gasteiger partial charge on any atom is -0.480 e. The van der Waals surface area contributed by atoms with E-state index in [9.17, 15) is 29.1 Å². The van der Waals surface area contributed by atoms with Gasteiger partial charge in [0.2, 0.25) is 5.91 Å². The molecule has 0 aromatic rings. The molecule has 1 heterocycles. The van der Waals surface area contributed by atoms with Gasteiger partial charge in [0.1, 0.15) is 23.0 Å². The molecule has 2 rings (SSSR count). The van der Waals surface area contributed by atoms with Crippen LogP contribution in [0.4, 0.5) is 0 Å². The summed E-state index contributed by atoms with van der Waals surface area (Å²) in [6.45, 7) is 1.31. The van der Waals surface area contributed by atoms with Crippen LogP contribution in [-0.4, -0.2) is 56.9 Å². The number of carboxylic acids is 1. The smallest absolute Gasteiger partial charge is 0.326 e. The first-order valence-corrected chi connectivity index (χ1v) is 8.49. The van der Waals surface area contributed by atoms with Crippen LogP contribution in [-0.2, 0) is 24.0 Å². The third kappa shape index (κ3) is 3.46. The van der Waals surface area contributed by atoms with E-state index in [-0.39, 0.29) is 54.8 Å². The summed E-state index contributed by atoms with van der Waals surface area (Å²) in [5, 5.41) is 9.29. The summed E-state index contributed by atoms with van der Waals surface area (Å²) >= 11 is 1.11. The summed E-state index contributed by atoms with van der Waals surface area (Å²) in [7, 11) is 0. The molecule has 0 unspecified atom stereocenters. The van der Waals surface area contributed by atoms with Crippen LogP contribution < -0.4 is 0 Å². The Morgan fingerprint density at radius 3 is 2.39 bits per heavy atom. The predicted octanol–water partition coefficient (Wildman–Crippen LogP) is 0.650. The fourth-order valence-electron chi connectivity index (χ4n) is 3.24. The van der Waals surface area contributed by atoms with Gasteiger partial charge in [-0.1, -0.05) is 11.8 Å². The first-order valence-electron chi connectivity index (χ1n) is 7.50. The SMILES string of the molecule is CC(=O)SCCCC(=O)N1CC2(C[C@H]1C(=O)O)C(=O)CCC2=O. The molecule has 0 aromatic carbocycles. The summed E-state index contributed by atoms with van der Waals surface area (Å²) in [4.78, 5) is 59.9. The lowest BCUT2D eigenvalue weighted by molar-refractivity contribution is -0.148. The van der Waals surface area contributed by atoms with Gasteiger partial charge in [-0.15, -0.1) is 0 Å². The van der Waals surface area contributed by atoms with Gasteiger partial charge in [-0.05, 0) is 12.8 Å². The number of likely N-dealkylation sites (tertiary alicyclic amines) is 1. The van der Waals surface area contributed by atoms with Crippen LogP contribution in [0, 0.1) is 5.41 Å². The number of carbonyl (C=O) groups is 5. The van der Waals surface area contributed by atoms with Crippen molar-refractivity contribution >= 4 is 40.3 Å². The number of rotatable bonds is 5. The van der Waals surface area contributed by atoms with Crippen LogP contribution in [0.3, 0.4) is 0 Å². The Labute approximate surface area is 137 Å². The summed E-state index contributed by atoms with van der Waals surface area (Å²) in [5.74, 6) is -1.60. The van der Waals surface area contributed by atoms with Crippen LogP contribution in [0.15, 0.2) is 0 Å². The first-order chi connectivity index (χ1) is 10.8. The quantitative estimate of drug-likeness (QED) is 0.577. The predicted molar refractivity (Wildman–Crippen MR) is 81.8 cm³/mol. The van der Waals surface area contributed by atoms with Gasteiger partial charge in [-0.3, -0.25) is 19.2 Å². The van der Waals surface area contributed by atoms with E-state index in [1.807, 2.05) is 0 Å². The Bertz CT molecular complexity index is 556. The monoisotopic (exact) mass is 341 g/mol. The van der Waals surface area contributed by atoms with Gasteiger partial charge in [0.05, 0.1) is 0 Å². The molecule has 126 valence electrons. The van der Waals surface area contributed by atoms with Crippen LogP contribution >= 0.6 is 11.8 Å². The van der Waals surface area contributed by atoms with Crippen LogP contribution in [0.1, 0.15) is 39.0 Å². The Hall–Kier alpha value is -1.70. The molecular formula is C15H19NO6S. The molecule has 23 heavy (non-hydrogen) atoms. The van der Waals surface area contributed by atoms with Gasteiger partial charge in [0.15, 0.2) is 5.12 Å². The summed E-state index contributed by atoms with van der Waals surface area (Å²) in [6.07, 6.45) is 0.683. The number of hydrogen-bond acceptors (Lipinski definition) is 6. The van der Waals surface area contributed by atoms with Crippen molar-refractivity contribution in [3.05, 3.63) is 0 Å². The highest BCUT2D eigenvalue weighted by atomic mass is 32.2. The zero-order chi connectivity index (χ0) is 17.2. The number of Topliss-reactive ketones (excluding diaryl/α,β-unsaturated/α-hetero) is 2. The molecule has 1 atom stereocenters. The number of nitrogens with zero attached hydrogens (tertiary/aromatic N) is 1. The average Bonchev–Trinajstić information content (AvgIpc) is 3.01. The van der Waals surface area contributed by atoms with Crippen LogP contribution in [0.5, 0.6) is 0 Å². The van der Waals surface area contributed by atoms with Crippen molar-refractivity contribution in [2.45, 2.75) is 45.1 Å². The number of hydrogen-bond donors (Lipinski definition) is 1. The fourth-order valence-corrected chi connectivity index (χ4v) is 3.81. The summed E-state index contributed by atoms with van der Waals surface area (Å²) in [5.41, 5.74) is -1.31. The highest BCUT2D eigenvalue weighted by Crippen LogP contribution is 2.43. The van der Waals surface area contributed by atoms with E-state index < -0.39 is 17.4 Å². The number of carboxylic acid groups (broad SMARTS) is 1. The second-order valence-electron chi connectivity index (χ2n) is 5.95. The minimum absolute atomic E-state index is 0.0388. The second kappa shape index (κ2) is 6.82. The molecule has 2 aliphatic rings. The van der Waals surface area contributed by atoms with Crippen molar-refractivity contribution in [1.29, 1.82) is 0 Å². The van der Waals surface area contributed by atoms with Crippen molar-refractivity contribution in [3.63, 3.8) is 0 Å². The van der Waals surface area contributed by atoms with Gasteiger partial charge >= 0.3 is 5.97 Å². The number of ketones is 2. The van der Waals surface area contributed by atoms with E-state index in [1.165, 1.54) is 6.92 Å². The first kappa shape index (κ1) is 17.7. The molecule has 0 bridgehead atoms. The molecule has 0 aromatic heterocycles. The van der Waals surface area contributed by atoms with Gasteiger partial charge in [0, 0.05) is 38.5 Å². The Kier molecular flexibility index (Phi) is 5.23. The van der Waals surface area contributed by atoms with Crippen molar-refractivity contribution in [2.24, 2.45) is 5.41 Å². The van der Waals surface area contributed by atoms with E-state index in [0.29, 0.717) is 12.2 Å². The highest BCUT2D eigenvalue weighted by Gasteiger charge is 2.59. The Morgan fingerprint density at radius 1 is 1.26 bits per heavy atom. The van der Waals surface area contributed by atoms with Crippen LogP contribution in [0.25, 0.3) is 0 Å². The molecule has 1 N–H and O–H groups in total. The van der Waals surface area contributed by atoms with E-state index in [4.69, 9.17) is 0 Å². The molecule has 7 nitrogen and oxygen atoms in total. The maximum atomic E-state index is 12.3. The minimum atomic E-state index is -1.31. The van der Waals surface area contributed by atoms with Gasteiger partial charge in [-0.2, -0.15) is 0 Å². The maximum Gasteiger partial charge on any atom is 0.326 e. The van der Waals surface area contributed by atoms with Gasteiger partial charge < -0.3 is 10.0 Å². The van der Waals surface area contributed by atoms with E-state index in [1.54, 1.807) is 0 Å². The van der Waals surface area contributed by atoms with Crippen molar-refractivity contribution in [2.75, 3.05) is 12.3 Å². The number of carbonyl (C=O) groups excluding carboxylic acids is 4. The largest absolute Gasteiger partial charge is 0.480 e. The molecule has 1 spiro atoms. The zero-order valence-electron chi connectivity index (χ0n) is 12.9. The molecule has 1 saturated carbocycles. The molecule has 1 aliphatic carbocycles. The third-order valence-electron chi connectivity index (χ3n) is 4.45. The molecule has 1 aliphatic heterocycles. The number of aliphatic carboxylic acids is 1. The van der Waals surface area contributed by atoms with Gasteiger partial charge in [-0.25, -0.2) is 4.79 Å². The lowest BCUT2D eigenvalue weighted by Crippen LogP contribution is -2.41. The number of amides is 1. The lowest BCUT2D eigenvalue weighted by atomic mass is 9.82. The molecule has 1 saturated heterocycles. The summed E-state index contributed by atoms with van der Waals surface area (Å²) < 4.78 is 0. The summed E-state index contributed by atoms with van der Waals surface area (Å²) in [6, 6.07) is -1.13. The number of thioether (sulfide) groups is 1. The van der Waals surface area contributed by atoms with Crippen LogP contribution in [0.2, 0.25) is 0 Å². The zero-order valence-corrected chi connectivity index (χ0v) is 13.7. The van der Waals surface area contributed by atoms with Crippen molar-refractivity contribution in [3.8, 4) is 0 Å². The second-order valence-corrected chi connectivity index (χ2v) is 7.22.